The van der Waals surface area contributed by atoms with Crippen LogP contribution in [0.2, 0.25) is 0 Å². The standard InChI is InChI=1S/C15H22N2O4/c1-3-9-17(4-2)15(21)16-13(14(19)20)10-11-5-7-12(18)8-6-11/h5-8,13,18H,3-4,9-10H2,1-2H3,(H,16,21)(H,19,20). The van der Waals surface area contributed by atoms with E-state index in [-0.39, 0.29) is 18.2 Å². The number of nitrogens with zero attached hydrogens (tertiary/aromatic N) is 1. The summed E-state index contributed by atoms with van der Waals surface area (Å²) in [5.41, 5.74) is 0.735. The Labute approximate surface area is 124 Å². The second-order valence-corrected chi connectivity index (χ2v) is 4.79. The molecule has 0 aliphatic carbocycles. The number of aliphatic carboxylic acids is 1. The van der Waals surface area contributed by atoms with Gasteiger partial charge in [0.25, 0.3) is 0 Å². The summed E-state index contributed by atoms with van der Waals surface area (Å²) >= 11 is 0. The van der Waals surface area contributed by atoms with Crippen LogP contribution < -0.4 is 5.32 Å². The number of amides is 2. The summed E-state index contributed by atoms with van der Waals surface area (Å²) in [6, 6.07) is 4.90. The van der Waals surface area contributed by atoms with Gasteiger partial charge in [0.15, 0.2) is 0 Å². The van der Waals surface area contributed by atoms with Crippen molar-refractivity contribution >= 4 is 12.0 Å². The maximum Gasteiger partial charge on any atom is 0.326 e. The van der Waals surface area contributed by atoms with Crippen LogP contribution >= 0.6 is 0 Å². The van der Waals surface area contributed by atoms with Crippen LogP contribution in [-0.4, -0.2) is 46.2 Å². The van der Waals surface area contributed by atoms with Gasteiger partial charge in [0, 0.05) is 19.5 Å². The van der Waals surface area contributed by atoms with Gasteiger partial charge in [-0.15, -0.1) is 0 Å². The van der Waals surface area contributed by atoms with Crippen LogP contribution in [0.15, 0.2) is 24.3 Å². The molecular formula is C15H22N2O4. The molecule has 0 aliphatic heterocycles. The van der Waals surface area contributed by atoms with Gasteiger partial charge >= 0.3 is 12.0 Å². The average molecular weight is 294 g/mol. The molecule has 21 heavy (non-hydrogen) atoms. The molecule has 0 aliphatic rings. The number of nitrogens with one attached hydrogen (secondary N) is 1. The third kappa shape index (κ3) is 5.33. The predicted octanol–water partition coefficient (Wildman–Crippen LogP) is 1.83. The van der Waals surface area contributed by atoms with Crippen LogP contribution in [-0.2, 0) is 11.2 Å². The van der Waals surface area contributed by atoms with Gasteiger partial charge in [-0.05, 0) is 31.0 Å². The van der Waals surface area contributed by atoms with Crippen molar-refractivity contribution in [3.05, 3.63) is 29.8 Å². The fourth-order valence-electron chi connectivity index (χ4n) is 1.98. The molecule has 1 unspecified atom stereocenters. The summed E-state index contributed by atoms with van der Waals surface area (Å²) in [6.07, 6.45) is 0.988. The Kier molecular flexibility index (Phi) is 6.52. The number of benzene rings is 1. The SMILES string of the molecule is CCCN(CC)C(=O)NC(Cc1ccc(O)cc1)C(=O)O. The number of phenolic OH excluding ortho intramolecular Hbond substituents is 1. The first-order valence-corrected chi connectivity index (χ1v) is 7.04. The number of carboxylic acids is 1. The lowest BCUT2D eigenvalue weighted by Crippen LogP contribution is -2.49. The lowest BCUT2D eigenvalue weighted by molar-refractivity contribution is -0.139. The van der Waals surface area contributed by atoms with E-state index in [2.05, 4.69) is 5.32 Å². The second-order valence-electron chi connectivity index (χ2n) is 4.79. The first kappa shape index (κ1) is 16.8. The predicted molar refractivity (Wildman–Crippen MR) is 79.3 cm³/mol. The quantitative estimate of drug-likeness (QED) is 0.715. The van der Waals surface area contributed by atoms with Crippen molar-refractivity contribution in [2.24, 2.45) is 0 Å². The molecule has 1 aromatic rings. The third-order valence-electron chi connectivity index (χ3n) is 3.13. The topological polar surface area (TPSA) is 89.9 Å². The third-order valence-corrected chi connectivity index (χ3v) is 3.13. The van der Waals surface area contributed by atoms with Crippen molar-refractivity contribution in [3.63, 3.8) is 0 Å². The van der Waals surface area contributed by atoms with Gasteiger partial charge in [-0.2, -0.15) is 0 Å². The van der Waals surface area contributed by atoms with E-state index in [1.165, 1.54) is 12.1 Å². The number of urea groups is 1. The summed E-state index contributed by atoms with van der Waals surface area (Å²) in [6.45, 7) is 4.94. The first-order valence-electron chi connectivity index (χ1n) is 7.04. The van der Waals surface area contributed by atoms with Crippen LogP contribution in [0.1, 0.15) is 25.8 Å². The number of hydrogen-bond acceptors (Lipinski definition) is 3. The number of rotatable bonds is 7. The Morgan fingerprint density at radius 2 is 1.86 bits per heavy atom. The van der Waals surface area contributed by atoms with Crippen molar-refractivity contribution < 1.29 is 19.8 Å². The van der Waals surface area contributed by atoms with Crippen molar-refractivity contribution in [2.45, 2.75) is 32.7 Å². The Bertz CT molecular complexity index is 473. The highest BCUT2D eigenvalue weighted by Gasteiger charge is 2.22. The zero-order valence-electron chi connectivity index (χ0n) is 12.4. The fraction of sp³-hybridized carbons (Fsp3) is 0.467. The van der Waals surface area contributed by atoms with Crippen molar-refractivity contribution in [3.8, 4) is 5.75 Å². The van der Waals surface area contributed by atoms with Crippen LogP contribution in [0.5, 0.6) is 5.75 Å². The molecule has 0 aromatic heterocycles. The van der Waals surface area contributed by atoms with E-state index in [1.54, 1.807) is 17.0 Å². The molecule has 116 valence electrons. The smallest absolute Gasteiger partial charge is 0.326 e. The number of carbonyl (C=O) groups is 2. The maximum absolute atomic E-state index is 12.0. The van der Waals surface area contributed by atoms with E-state index >= 15 is 0 Å². The maximum atomic E-state index is 12.0. The monoisotopic (exact) mass is 294 g/mol. The average Bonchev–Trinajstić information content (AvgIpc) is 2.45. The minimum atomic E-state index is -1.08. The van der Waals surface area contributed by atoms with E-state index < -0.39 is 12.0 Å². The van der Waals surface area contributed by atoms with Gasteiger partial charge in [0.1, 0.15) is 11.8 Å². The van der Waals surface area contributed by atoms with Gasteiger partial charge in [0.2, 0.25) is 0 Å². The molecule has 0 spiro atoms. The molecule has 1 atom stereocenters. The summed E-state index contributed by atoms with van der Waals surface area (Å²) < 4.78 is 0. The summed E-state index contributed by atoms with van der Waals surface area (Å²) in [7, 11) is 0. The highest BCUT2D eigenvalue weighted by atomic mass is 16.4. The summed E-state index contributed by atoms with van der Waals surface area (Å²) in [5, 5.41) is 21.0. The minimum Gasteiger partial charge on any atom is -0.508 e. The van der Waals surface area contributed by atoms with Crippen LogP contribution in [0.4, 0.5) is 4.79 Å². The van der Waals surface area contributed by atoms with Crippen LogP contribution in [0, 0.1) is 0 Å². The van der Waals surface area contributed by atoms with Gasteiger partial charge in [-0.25, -0.2) is 9.59 Å². The summed E-state index contributed by atoms with van der Waals surface area (Å²) in [5.74, 6) is -0.959. The normalized spacial score (nSPS) is 11.7. The fourth-order valence-corrected chi connectivity index (χ4v) is 1.98. The number of aromatic hydroxyl groups is 1. The van der Waals surface area contributed by atoms with Gasteiger partial charge in [-0.3, -0.25) is 0 Å². The van der Waals surface area contributed by atoms with Gasteiger partial charge in [0.05, 0.1) is 0 Å². The van der Waals surface area contributed by atoms with Crippen LogP contribution in [0.25, 0.3) is 0 Å². The Morgan fingerprint density at radius 1 is 1.24 bits per heavy atom. The Morgan fingerprint density at radius 3 is 2.33 bits per heavy atom. The molecule has 6 heteroatoms. The van der Waals surface area contributed by atoms with Crippen molar-refractivity contribution in [1.82, 2.24) is 10.2 Å². The largest absolute Gasteiger partial charge is 0.508 e. The molecule has 0 radical (unpaired) electrons. The van der Waals surface area contributed by atoms with E-state index in [4.69, 9.17) is 0 Å². The highest BCUT2D eigenvalue weighted by molar-refractivity contribution is 5.82. The molecule has 0 saturated carbocycles. The molecule has 6 nitrogen and oxygen atoms in total. The Balaban J connectivity index is 2.71. The lowest BCUT2D eigenvalue weighted by Gasteiger charge is -2.23. The zero-order valence-corrected chi connectivity index (χ0v) is 12.4. The molecular weight excluding hydrogens is 272 g/mol. The van der Waals surface area contributed by atoms with Crippen molar-refractivity contribution in [1.29, 1.82) is 0 Å². The van der Waals surface area contributed by atoms with Crippen LogP contribution in [0.3, 0.4) is 0 Å². The second kappa shape index (κ2) is 8.14. The number of hydrogen-bond donors (Lipinski definition) is 3. The van der Waals surface area contributed by atoms with E-state index in [0.29, 0.717) is 13.1 Å². The zero-order chi connectivity index (χ0) is 15.8. The van der Waals surface area contributed by atoms with Gasteiger partial charge < -0.3 is 20.4 Å². The van der Waals surface area contributed by atoms with Gasteiger partial charge in [-0.1, -0.05) is 19.1 Å². The molecule has 1 rings (SSSR count). The highest BCUT2D eigenvalue weighted by Crippen LogP contribution is 2.11. The molecule has 3 N–H and O–H groups in total. The summed E-state index contributed by atoms with van der Waals surface area (Å²) in [4.78, 5) is 24.9. The number of phenols is 1. The van der Waals surface area contributed by atoms with E-state index in [9.17, 15) is 19.8 Å². The Hall–Kier alpha value is -2.24. The van der Waals surface area contributed by atoms with E-state index in [0.717, 1.165) is 12.0 Å². The minimum absolute atomic E-state index is 0.120. The molecule has 0 saturated heterocycles. The van der Waals surface area contributed by atoms with E-state index in [1.807, 2.05) is 13.8 Å². The molecule has 0 heterocycles. The first-order chi connectivity index (χ1) is 9.97. The molecule has 0 bridgehead atoms. The lowest BCUT2D eigenvalue weighted by atomic mass is 10.1. The van der Waals surface area contributed by atoms with Crippen molar-refractivity contribution in [2.75, 3.05) is 13.1 Å². The molecule has 1 aromatic carbocycles. The molecule has 0 fully saturated rings. The number of carboxylic acid groups (broad SMARTS) is 1. The molecule has 2 amide bonds. The number of carbonyl (C=O) groups excluding carboxylic acids is 1.